The predicted molar refractivity (Wildman–Crippen MR) is 64.5 cm³/mol. The fourth-order valence-corrected chi connectivity index (χ4v) is 2.30. The van der Waals surface area contributed by atoms with Crippen molar-refractivity contribution >= 4 is 10.0 Å². The van der Waals surface area contributed by atoms with Gasteiger partial charge in [0.15, 0.2) is 5.03 Å². The van der Waals surface area contributed by atoms with Gasteiger partial charge in [-0.05, 0) is 37.4 Å². The van der Waals surface area contributed by atoms with Crippen LogP contribution in [0.15, 0.2) is 41.6 Å². The summed E-state index contributed by atoms with van der Waals surface area (Å²) >= 11 is 0. The zero-order valence-corrected chi connectivity index (χ0v) is 10.3. The molecule has 18 heavy (non-hydrogen) atoms. The van der Waals surface area contributed by atoms with Crippen LogP contribution < -0.4 is 4.72 Å². The van der Waals surface area contributed by atoms with E-state index in [2.05, 4.69) is 9.82 Å². The minimum atomic E-state index is -3.56. The quantitative estimate of drug-likeness (QED) is 0.879. The molecule has 0 spiro atoms. The minimum Gasteiger partial charge on any atom is -0.221 e. The average molecular weight is 262 g/mol. The van der Waals surface area contributed by atoms with Gasteiger partial charge < -0.3 is 0 Å². The number of nitrogens with zero attached hydrogens (tertiary/aromatic N) is 3. The Kier molecular flexibility index (Phi) is 3.14. The van der Waals surface area contributed by atoms with Gasteiger partial charge >= 0.3 is 0 Å². The van der Waals surface area contributed by atoms with Crippen LogP contribution in [0.1, 0.15) is 5.56 Å². The van der Waals surface area contributed by atoms with Crippen molar-refractivity contribution in [3.8, 4) is 11.8 Å². The molecule has 0 aliphatic rings. The Bertz CT molecular complexity index is 695. The highest BCUT2D eigenvalue weighted by atomic mass is 32.2. The Morgan fingerprint density at radius 2 is 1.94 bits per heavy atom. The highest BCUT2D eigenvalue weighted by Gasteiger charge is 2.18. The first-order valence-electron chi connectivity index (χ1n) is 5.06. The number of sulfonamides is 1. The summed E-state index contributed by atoms with van der Waals surface area (Å²) in [5.74, 6) is 0. The zero-order chi connectivity index (χ0) is 13.2. The van der Waals surface area contributed by atoms with Crippen LogP contribution >= 0.6 is 0 Å². The number of hydrogen-bond donors (Lipinski definition) is 1. The van der Waals surface area contributed by atoms with Gasteiger partial charge in [-0.25, -0.2) is 17.8 Å². The molecule has 0 unspecified atom stereocenters. The molecule has 1 aromatic heterocycles. The molecule has 6 nitrogen and oxygen atoms in total. The molecule has 92 valence electrons. The topological polar surface area (TPSA) is 87.8 Å². The summed E-state index contributed by atoms with van der Waals surface area (Å²) in [4.78, 5) is 0. The van der Waals surface area contributed by atoms with Gasteiger partial charge in [0.1, 0.15) is 0 Å². The monoisotopic (exact) mass is 262 g/mol. The lowest BCUT2D eigenvalue weighted by atomic mass is 10.2. The number of nitriles is 1. The Labute approximate surface area is 105 Å². The van der Waals surface area contributed by atoms with E-state index in [1.165, 1.54) is 24.0 Å². The number of rotatable bonds is 3. The Balaban J connectivity index is 2.53. The molecule has 0 bridgehead atoms. The second kappa shape index (κ2) is 4.60. The maximum absolute atomic E-state index is 11.8. The first-order chi connectivity index (χ1) is 8.58. The summed E-state index contributed by atoms with van der Waals surface area (Å²) in [6, 6.07) is 9.89. The third-order valence-corrected chi connectivity index (χ3v) is 3.79. The van der Waals surface area contributed by atoms with Crippen LogP contribution in [-0.2, 0) is 10.0 Å². The van der Waals surface area contributed by atoms with Crippen molar-refractivity contribution in [3.63, 3.8) is 0 Å². The number of benzene rings is 1. The second-order valence-corrected chi connectivity index (χ2v) is 5.28. The Morgan fingerprint density at radius 1 is 1.28 bits per heavy atom. The van der Waals surface area contributed by atoms with Crippen molar-refractivity contribution in [2.24, 2.45) is 0 Å². The van der Waals surface area contributed by atoms with Gasteiger partial charge in [0.05, 0.1) is 23.5 Å². The lowest BCUT2D eigenvalue weighted by Crippen LogP contribution is -2.21. The van der Waals surface area contributed by atoms with E-state index in [-0.39, 0.29) is 5.03 Å². The molecule has 0 radical (unpaired) electrons. The van der Waals surface area contributed by atoms with Crippen molar-refractivity contribution in [3.05, 3.63) is 42.1 Å². The van der Waals surface area contributed by atoms with E-state index < -0.39 is 10.0 Å². The molecule has 0 aliphatic carbocycles. The van der Waals surface area contributed by atoms with Crippen LogP contribution in [0.5, 0.6) is 0 Å². The molecular weight excluding hydrogens is 252 g/mol. The Morgan fingerprint density at radius 3 is 2.50 bits per heavy atom. The van der Waals surface area contributed by atoms with Crippen LogP contribution in [0.4, 0.5) is 0 Å². The fraction of sp³-hybridized carbons (Fsp3) is 0.0909. The third-order valence-electron chi connectivity index (χ3n) is 2.39. The average Bonchev–Trinajstić information content (AvgIpc) is 2.89. The van der Waals surface area contributed by atoms with E-state index >= 15 is 0 Å². The maximum atomic E-state index is 11.8. The van der Waals surface area contributed by atoms with E-state index in [9.17, 15) is 8.42 Å². The fourth-order valence-electron chi connectivity index (χ4n) is 1.47. The molecule has 2 rings (SSSR count). The molecule has 0 fully saturated rings. The predicted octanol–water partition coefficient (Wildman–Crippen LogP) is 0.652. The van der Waals surface area contributed by atoms with Crippen LogP contribution in [0.3, 0.4) is 0 Å². The standard InChI is InChI=1S/C11H10N4O2S/c1-13-18(16,17)11-6-7-14-15(11)10-4-2-9(8-12)3-5-10/h2-7,13H,1H3. The van der Waals surface area contributed by atoms with Gasteiger partial charge in [-0.2, -0.15) is 10.4 Å². The van der Waals surface area contributed by atoms with Gasteiger partial charge in [0, 0.05) is 0 Å². The molecule has 1 aromatic carbocycles. The molecular formula is C11H10N4O2S. The Hall–Kier alpha value is -2.17. The van der Waals surface area contributed by atoms with Gasteiger partial charge in [-0.3, -0.25) is 0 Å². The molecule has 7 heteroatoms. The molecule has 0 saturated heterocycles. The maximum Gasteiger partial charge on any atom is 0.257 e. The highest BCUT2D eigenvalue weighted by Crippen LogP contribution is 2.15. The van der Waals surface area contributed by atoms with Gasteiger partial charge in [0.25, 0.3) is 10.0 Å². The summed E-state index contributed by atoms with van der Waals surface area (Å²) in [5, 5.41) is 12.7. The van der Waals surface area contributed by atoms with Crippen molar-refractivity contribution in [2.45, 2.75) is 5.03 Å². The van der Waals surface area contributed by atoms with E-state index in [4.69, 9.17) is 5.26 Å². The summed E-state index contributed by atoms with van der Waals surface area (Å²) < 4.78 is 27.0. The van der Waals surface area contributed by atoms with Crippen LogP contribution in [0.2, 0.25) is 0 Å². The van der Waals surface area contributed by atoms with Crippen molar-refractivity contribution in [1.82, 2.24) is 14.5 Å². The first-order valence-corrected chi connectivity index (χ1v) is 6.55. The van der Waals surface area contributed by atoms with Gasteiger partial charge in [0.2, 0.25) is 0 Å². The van der Waals surface area contributed by atoms with Gasteiger partial charge in [-0.15, -0.1) is 0 Å². The highest BCUT2D eigenvalue weighted by molar-refractivity contribution is 7.89. The van der Waals surface area contributed by atoms with Crippen LogP contribution in [-0.4, -0.2) is 25.2 Å². The molecule has 2 aromatic rings. The lowest BCUT2D eigenvalue weighted by molar-refractivity contribution is 0.578. The largest absolute Gasteiger partial charge is 0.257 e. The molecule has 0 aliphatic heterocycles. The van der Waals surface area contributed by atoms with E-state index in [0.29, 0.717) is 11.3 Å². The van der Waals surface area contributed by atoms with Gasteiger partial charge in [-0.1, -0.05) is 0 Å². The number of hydrogen-bond acceptors (Lipinski definition) is 4. The SMILES string of the molecule is CNS(=O)(=O)c1ccnn1-c1ccc(C#N)cc1. The van der Waals surface area contributed by atoms with Crippen molar-refractivity contribution in [2.75, 3.05) is 7.05 Å². The van der Waals surface area contributed by atoms with Crippen LogP contribution in [0, 0.1) is 11.3 Å². The normalized spacial score (nSPS) is 11.1. The van der Waals surface area contributed by atoms with Crippen molar-refractivity contribution in [1.29, 1.82) is 5.26 Å². The van der Waals surface area contributed by atoms with Crippen molar-refractivity contribution < 1.29 is 8.42 Å². The van der Waals surface area contributed by atoms with E-state index in [1.807, 2.05) is 6.07 Å². The summed E-state index contributed by atoms with van der Waals surface area (Å²) in [7, 11) is -2.23. The van der Waals surface area contributed by atoms with E-state index in [0.717, 1.165) is 0 Å². The molecule has 0 amide bonds. The lowest BCUT2D eigenvalue weighted by Gasteiger charge is -2.07. The first kappa shape index (κ1) is 12.3. The molecule has 0 atom stereocenters. The van der Waals surface area contributed by atoms with Crippen LogP contribution in [0.25, 0.3) is 5.69 Å². The molecule has 1 N–H and O–H groups in total. The third kappa shape index (κ3) is 2.11. The summed E-state index contributed by atoms with van der Waals surface area (Å²) in [6.45, 7) is 0. The minimum absolute atomic E-state index is 0.0507. The number of nitrogens with one attached hydrogen (secondary N) is 1. The zero-order valence-electron chi connectivity index (χ0n) is 9.53. The number of aromatic nitrogens is 2. The summed E-state index contributed by atoms with van der Waals surface area (Å²) in [5.41, 5.74) is 1.08. The van der Waals surface area contributed by atoms with E-state index in [1.54, 1.807) is 24.3 Å². The summed E-state index contributed by atoms with van der Waals surface area (Å²) in [6.07, 6.45) is 1.41. The molecule has 1 heterocycles. The smallest absolute Gasteiger partial charge is 0.221 e. The molecule has 0 saturated carbocycles. The second-order valence-electron chi connectivity index (χ2n) is 3.45.